The Morgan fingerprint density at radius 2 is 1.85 bits per heavy atom. The first-order chi connectivity index (χ1) is 12.4. The molecule has 1 N–H and O–H groups in total. The minimum absolute atomic E-state index is 0.245. The van der Waals surface area contributed by atoms with Crippen LogP contribution in [0.1, 0.15) is 30.9 Å². The molecule has 0 saturated carbocycles. The van der Waals surface area contributed by atoms with E-state index in [-0.39, 0.29) is 19.1 Å². The van der Waals surface area contributed by atoms with Crippen molar-refractivity contribution in [3.63, 3.8) is 0 Å². The molecule has 26 heavy (non-hydrogen) atoms. The highest BCUT2D eigenvalue weighted by atomic mass is 79.9. The molecular formula is C20H22BrNO4. The normalized spacial score (nSPS) is 10.5. The molecule has 0 saturated heterocycles. The van der Waals surface area contributed by atoms with Gasteiger partial charge >= 0.3 is 5.97 Å². The van der Waals surface area contributed by atoms with E-state index >= 15 is 0 Å². The molecule has 1 amide bonds. The number of aryl methyl sites for hydroxylation is 1. The van der Waals surface area contributed by atoms with Gasteiger partial charge in [0.1, 0.15) is 5.75 Å². The standard InChI is InChI=1S/C20H22BrNO4/c1-13(2)15-6-4-5-7-18(15)25-12-20(24)26-11-19(23)22-17-9-8-14(3)10-16(17)21/h4-10,13H,11-12H2,1-3H3,(H,22,23). The molecule has 5 nitrogen and oxygen atoms in total. The molecule has 0 aliphatic rings. The molecule has 0 aliphatic carbocycles. The Hall–Kier alpha value is -2.34. The Morgan fingerprint density at radius 1 is 1.12 bits per heavy atom. The fourth-order valence-corrected chi connectivity index (χ4v) is 2.91. The van der Waals surface area contributed by atoms with Gasteiger partial charge in [0.25, 0.3) is 5.91 Å². The number of carbonyl (C=O) groups is 2. The zero-order valence-corrected chi connectivity index (χ0v) is 16.6. The van der Waals surface area contributed by atoms with Gasteiger partial charge in [-0.25, -0.2) is 4.79 Å². The molecule has 138 valence electrons. The average molecular weight is 420 g/mol. The number of hydrogen-bond acceptors (Lipinski definition) is 4. The number of benzene rings is 2. The largest absolute Gasteiger partial charge is 0.482 e. The van der Waals surface area contributed by atoms with Gasteiger partial charge in [-0.05, 0) is 58.1 Å². The van der Waals surface area contributed by atoms with Crippen LogP contribution in [-0.2, 0) is 14.3 Å². The summed E-state index contributed by atoms with van der Waals surface area (Å²) in [6.45, 7) is 5.44. The number of esters is 1. The Labute approximate surface area is 161 Å². The van der Waals surface area contributed by atoms with Crippen molar-refractivity contribution in [1.29, 1.82) is 0 Å². The Bertz CT molecular complexity index is 789. The van der Waals surface area contributed by atoms with Crippen LogP contribution in [0, 0.1) is 6.92 Å². The molecule has 0 fully saturated rings. The van der Waals surface area contributed by atoms with E-state index in [1.54, 1.807) is 6.07 Å². The predicted molar refractivity (Wildman–Crippen MR) is 104 cm³/mol. The van der Waals surface area contributed by atoms with Crippen molar-refractivity contribution in [3.8, 4) is 5.75 Å². The molecule has 0 bridgehead atoms. The van der Waals surface area contributed by atoms with Crippen LogP contribution in [-0.4, -0.2) is 25.1 Å². The Balaban J connectivity index is 1.81. The minimum Gasteiger partial charge on any atom is -0.482 e. The van der Waals surface area contributed by atoms with Crippen LogP contribution in [0.4, 0.5) is 5.69 Å². The third-order valence-corrected chi connectivity index (χ3v) is 4.31. The van der Waals surface area contributed by atoms with E-state index in [9.17, 15) is 9.59 Å². The molecular weight excluding hydrogens is 398 g/mol. The van der Waals surface area contributed by atoms with E-state index in [0.717, 1.165) is 15.6 Å². The third kappa shape index (κ3) is 5.88. The molecule has 0 atom stereocenters. The van der Waals surface area contributed by atoms with E-state index < -0.39 is 11.9 Å². The van der Waals surface area contributed by atoms with Gasteiger partial charge in [-0.2, -0.15) is 0 Å². The molecule has 2 aromatic carbocycles. The lowest BCUT2D eigenvalue weighted by atomic mass is 10.0. The van der Waals surface area contributed by atoms with Crippen LogP contribution in [0.15, 0.2) is 46.9 Å². The summed E-state index contributed by atoms with van der Waals surface area (Å²) in [7, 11) is 0. The highest BCUT2D eigenvalue weighted by molar-refractivity contribution is 9.10. The van der Waals surface area contributed by atoms with Crippen LogP contribution in [0.3, 0.4) is 0 Å². The van der Waals surface area contributed by atoms with Gasteiger partial charge in [-0.3, -0.25) is 4.79 Å². The first kappa shape index (κ1) is 20.0. The number of amides is 1. The predicted octanol–water partition coefficient (Wildman–Crippen LogP) is 4.44. The summed E-state index contributed by atoms with van der Waals surface area (Å²) in [6, 6.07) is 13.1. The molecule has 0 aliphatic heterocycles. The number of anilines is 1. The molecule has 0 unspecified atom stereocenters. The van der Waals surface area contributed by atoms with Crippen molar-refractivity contribution in [3.05, 3.63) is 58.1 Å². The van der Waals surface area contributed by atoms with Gasteiger partial charge in [0.2, 0.25) is 0 Å². The molecule has 0 heterocycles. The smallest absolute Gasteiger partial charge is 0.344 e. The lowest BCUT2D eigenvalue weighted by Crippen LogP contribution is -2.24. The topological polar surface area (TPSA) is 64.6 Å². The zero-order valence-electron chi connectivity index (χ0n) is 15.0. The summed E-state index contributed by atoms with van der Waals surface area (Å²) in [5, 5.41) is 2.69. The fourth-order valence-electron chi connectivity index (χ4n) is 2.32. The summed E-state index contributed by atoms with van der Waals surface area (Å²) in [5.74, 6) is -0.0828. The summed E-state index contributed by atoms with van der Waals surface area (Å²) in [4.78, 5) is 23.8. The van der Waals surface area contributed by atoms with E-state index in [2.05, 4.69) is 21.2 Å². The first-order valence-corrected chi connectivity index (χ1v) is 9.09. The van der Waals surface area contributed by atoms with Gasteiger partial charge in [0.05, 0.1) is 5.69 Å². The van der Waals surface area contributed by atoms with Gasteiger partial charge in [-0.1, -0.05) is 38.1 Å². The molecule has 0 spiro atoms. The van der Waals surface area contributed by atoms with Gasteiger partial charge < -0.3 is 14.8 Å². The highest BCUT2D eigenvalue weighted by Gasteiger charge is 2.12. The number of hydrogen-bond donors (Lipinski definition) is 1. The first-order valence-electron chi connectivity index (χ1n) is 8.30. The van der Waals surface area contributed by atoms with Crippen LogP contribution in [0.25, 0.3) is 0 Å². The third-order valence-electron chi connectivity index (χ3n) is 3.65. The number of halogens is 1. The number of ether oxygens (including phenoxy) is 2. The zero-order chi connectivity index (χ0) is 19.1. The lowest BCUT2D eigenvalue weighted by molar-refractivity contribution is -0.149. The second-order valence-corrected chi connectivity index (χ2v) is 7.03. The second kappa shape index (κ2) is 9.38. The van der Waals surface area contributed by atoms with Gasteiger partial charge in [0, 0.05) is 4.47 Å². The molecule has 6 heteroatoms. The van der Waals surface area contributed by atoms with Gasteiger partial charge in [0.15, 0.2) is 13.2 Å². The molecule has 0 aromatic heterocycles. The average Bonchev–Trinajstić information content (AvgIpc) is 2.60. The maximum Gasteiger partial charge on any atom is 0.344 e. The number of rotatable bonds is 7. The summed E-state index contributed by atoms with van der Waals surface area (Å²) >= 11 is 3.38. The number of nitrogens with one attached hydrogen (secondary N) is 1. The maximum atomic E-state index is 11.9. The fraction of sp³-hybridized carbons (Fsp3) is 0.300. The highest BCUT2D eigenvalue weighted by Crippen LogP contribution is 2.26. The van der Waals surface area contributed by atoms with Crippen LogP contribution in [0.5, 0.6) is 5.75 Å². The van der Waals surface area contributed by atoms with Crippen LogP contribution >= 0.6 is 15.9 Å². The van der Waals surface area contributed by atoms with Crippen LogP contribution < -0.4 is 10.1 Å². The quantitative estimate of drug-likeness (QED) is 0.673. The minimum atomic E-state index is -0.596. The van der Waals surface area contributed by atoms with E-state index in [0.29, 0.717) is 11.4 Å². The molecule has 0 radical (unpaired) electrons. The second-order valence-electron chi connectivity index (χ2n) is 6.17. The maximum absolute atomic E-state index is 11.9. The van der Waals surface area contributed by atoms with Crippen molar-refractivity contribution < 1.29 is 19.1 Å². The monoisotopic (exact) mass is 419 g/mol. The summed E-state index contributed by atoms with van der Waals surface area (Å²) in [6.07, 6.45) is 0. The molecule has 2 rings (SSSR count). The van der Waals surface area contributed by atoms with E-state index in [1.165, 1.54) is 0 Å². The number of para-hydroxylation sites is 1. The SMILES string of the molecule is Cc1ccc(NC(=O)COC(=O)COc2ccccc2C(C)C)c(Br)c1. The van der Waals surface area contributed by atoms with Crippen molar-refractivity contribution in [2.75, 3.05) is 18.5 Å². The van der Waals surface area contributed by atoms with Crippen molar-refractivity contribution in [2.24, 2.45) is 0 Å². The van der Waals surface area contributed by atoms with E-state index in [4.69, 9.17) is 9.47 Å². The van der Waals surface area contributed by atoms with Crippen molar-refractivity contribution in [2.45, 2.75) is 26.7 Å². The molecule has 2 aromatic rings. The Morgan fingerprint density at radius 3 is 2.54 bits per heavy atom. The summed E-state index contributed by atoms with van der Waals surface area (Å²) in [5.41, 5.74) is 2.71. The van der Waals surface area contributed by atoms with Gasteiger partial charge in [-0.15, -0.1) is 0 Å². The summed E-state index contributed by atoms with van der Waals surface area (Å²) < 4.78 is 11.3. The Kier molecular flexibility index (Phi) is 7.21. The van der Waals surface area contributed by atoms with Crippen molar-refractivity contribution >= 4 is 33.5 Å². The van der Waals surface area contributed by atoms with Crippen LogP contribution in [0.2, 0.25) is 0 Å². The number of carbonyl (C=O) groups excluding carboxylic acids is 2. The lowest BCUT2D eigenvalue weighted by Gasteiger charge is -2.13. The van der Waals surface area contributed by atoms with E-state index in [1.807, 2.05) is 57.2 Å². The van der Waals surface area contributed by atoms with Crippen molar-refractivity contribution in [1.82, 2.24) is 0 Å².